The highest BCUT2D eigenvalue weighted by Gasteiger charge is 2.23. The zero-order chi connectivity index (χ0) is 20.5. The Morgan fingerprint density at radius 3 is 2.64 bits per heavy atom. The molecule has 0 aliphatic carbocycles. The Balaban J connectivity index is 1.81. The lowest BCUT2D eigenvalue weighted by molar-refractivity contribution is -0.123. The number of phenols is 1. The zero-order valence-corrected chi connectivity index (χ0v) is 17.7. The van der Waals surface area contributed by atoms with Gasteiger partial charge >= 0.3 is 0 Å². The van der Waals surface area contributed by atoms with Gasteiger partial charge in [-0.2, -0.15) is 0 Å². The van der Waals surface area contributed by atoms with Gasteiger partial charge in [-0.15, -0.1) is 11.3 Å². The molecule has 4 N–H and O–H groups in total. The Morgan fingerprint density at radius 2 is 1.96 bits per heavy atom. The van der Waals surface area contributed by atoms with Gasteiger partial charge < -0.3 is 20.8 Å². The molecule has 1 aromatic carbocycles. The van der Waals surface area contributed by atoms with Crippen molar-refractivity contribution in [1.29, 1.82) is 0 Å². The van der Waals surface area contributed by atoms with Crippen LogP contribution in [0.2, 0.25) is 0 Å². The smallest absolute Gasteiger partial charge is 0.231 e. The molecular formula is C19H22N4O3S2. The summed E-state index contributed by atoms with van der Waals surface area (Å²) < 4.78 is 0. The van der Waals surface area contributed by atoms with Crippen LogP contribution < -0.4 is 10.6 Å². The van der Waals surface area contributed by atoms with Gasteiger partial charge in [0.2, 0.25) is 5.91 Å². The van der Waals surface area contributed by atoms with E-state index in [0.717, 1.165) is 16.3 Å². The minimum absolute atomic E-state index is 0.0890. The molecule has 0 fully saturated rings. The lowest BCUT2D eigenvalue weighted by Gasteiger charge is -2.15. The predicted octanol–water partition coefficient (Wildman–Crippen LogP) is 4.50. The number of anilines is 3. The molecule has 9 heteroatoms. The number of carbonyl (C=O) groups excluding carboxylic acids is 1. The number of phenolic OH excluding ortho intramolecular Hbond substituents is 1. The lowest BCUT2D eigenvalue weighted by Crippen LogP contribution is -2.27. The molecule has 0 bridgehead atoms. The van der Waals surface area contributed by atoms with Gasteiger partial charge in [0, 0.05) is 28.1 Å². The second-order valence-corrected chi connectivity index (χ2v) is 9.16. The van der Waals surface area contributed by atoms with Gasteiger partial charge in [0.15, 0.2) is 10.3 Å². The molecule has 0 saturated carbocycles. The van der Waals surface area contributed by atoms with Crippen LogP contribution in [0, 0.1) is 12.3 Å². The summed E-state index contributed by atoms with van der Waals surface area (Å²) in [6.07, 6.45) is 0. The zero-order valence-electron chi connectivity index (χ0n) is 16.0. The van der Waals surface area contributed by atoms with Gasteiger partial charge in [0.25, 0.3) is 0 Å². The highest BCUT2D eigenvalue weighted by atomic mass is 32.1. The number of aliphatic hydroxyl groups is 1. The SMILES string of the molecule is Cc1nc(NC(=O)C(C)(C)C)sc1-c1csc(Nc2cc(O)ccc2CO)n1. The highest BCUT2D eigenvalue weighted by molar-refractivity contribution is 7.20. The van der Waals surface area contributed by atoms with Crippen molar-refractivity contribution in [3.63, 3.8) is 0 Å². The molecule has 148 valence electrons. The summed E-state index contributed by atoms with van der Waals surface area (Å²) in [7, 11) is 0. The number of hydrogen-bond donors (Lipinski definition) is 4. The maximum absolute atomic E-state index is 12.2. The molecular weight excluding hydrogens is 396 g/mol. The van der Waals surface area contributed by atoms with Crippen LogP contribution in [-0.4, -0.2) is 26.1 Å². The number of aromatic hydroxyl groups is 1. The van der Waals surface area contributed by atoms with Crippen molar-refractivity contribution in [2.75, 3.05) is 10.6 Å². The molecule has 0 radical (unpaired) electrons. The number of rotatable bonds is 5. The van der Waals surface area contributed by atoms with E-state index >= 15 is 0 Å². The molecule has 0 aliphatic rings. The number of nitrogens with one attached hydrogen (secondary N) is 2. The van der Waals surface area contributed by atoms with E-state index in [1.165, 1.54) is 28.7 Å². The second-order valence-electron chi connectivity index (χ2n) is 7.30. The van der Waals surface area contributed by atoms with E-state index in [0.29, 0.717) is 21.5 Å². The van der Waals surface area contributed by atoms with Gasteiger partial charge in [0.05, 0.1) is 22.9 Å². The Kier molecular flexibility index (Phi) is 5.69. The standard InChI is InChI=1S/C19H22N4O3S2/c1-10-15(28-18(20-10)23-16(26)19(2,3)4)14-9-27-17(22-14)21-13-7-12(25)6-5-11(13)8-24/h5-7,9,24-25H,8H2,1-4H3,(H,21,22)(H,20,23,26). The topological polar surface area (TPSA) is 107 Å². The van der Waals surface area contributed by atoms with Crippen LogP contribution in [-0.2, 0) is 11.4 Å². The fraction of sp³-hybridized carbons (Fsp3) is 0.316. The first-order valence-corrected chi connectivity index (χ1v) is 10.3. The van der Waals surface area contributed by atoms with Crippen molar-refractivity contribution in [3.8, 4) is 16.3 Å². The Hall–Kier alpha value is -2.49. The van der Waals surface area contributed by atoms with Gasteiger partial charge in [-0.05, 0) is 13.0 Å². The molecule has 7 nitrogen and oxygen atoms in total. The van der Waals surface area contributed by atoms with Crippen molar-refractivity contribution >= 4 is 44.5 Å². The summed E-state index contributed by atoms with van der Waals surface area (Å²) >= 11 is 2.79. The molecule has 3 aromatic rings. The number of benzene rings is 1. The van der Waals surface area contributed by atoms with Gasteiger partial charge in [-0.25, -0.2) is 9.97 Å². The third-order valence-corrected chi connectivity index (χ3v) is 5.79. The number of aliphatic hydroxyl groups excluding tert-OH is 1. The first kappa shape index (κ1) is 20.2. The fourth-order valence-electron chi connectivity index (χ4n) is 2.34. The summed E-state index contributed by atoms with van der Waals surface area (Å²) in [5.74, 6) is 0.0165. The van der Waals surface area contributed by atoms with Crippen LogP contribution in [0.3, 0.4) is 0 Å². The number of aryl methyl sites for hydroxylation is 1. The monoisotopic (exact) mass is 418 g/mol. The van der Waals surface area contributed by atoms with Gasteiger partial charge in [-0.1, -0.05) is 38.2 Å². The Morgan fingerprint density at radius 1 is 1.21 bits per heavy atom. The van der Waals surface area contributed by atoms with E-state index in [4.69, 9.17) is 0 Å². The quantitative estimate of drug-likeness (QED) is 0.486. The third kappa shape index (κ3) is 4.49. The maximum Gasteiger partial charge on any atom is 0.231 e. The summed E-state index contributed by atoms with van der Waals surface area (Å²) in [4.78, 5) is 22.1. The summed E-state index contributed by atoms with van der Waals surface area (Å²) in [5.41, 5.74) is 2.31. The van der Waals surface area contributed by atoms with E-state index in [-0.39, 0.29) is 18.3 Å². The van der Waals surface area contributed by atoms with Crippen LogP contribution >= 0.6 is 22.7 Å². The Bertz CT molecular complexity index is 1010. The van der Waals surface area contributed by atoms with E-state index in [9.17, 15) is 15.0 Å². The number of aromatic nitrogens is 2. The molecule has 0 unspecified atom stereocenters. The minimum atomic E-state index is -0.497. The van der Waals surface area contributed by atoms with Crippen LogP contribution in [0.15, 0.2) is 23.6 Å². The van der Waals surface area contributed by atoms with Crippen LogP contribution in [0.5, 0.6) is 5.75 Å². The molecule has 28 heavy (non-hydrogen) atoms. The number of amides is 1. The molecule has 0 aliphatic heterocycles. The molecule has 0 spiro atoms. The molecule has 3 rings (SSSR count). The van der Waals surface area contributed by atoms with Gasteiger partial charge in [-0.3, -0.25) is 4.79 Å². The first-order chi connectivity index (χ1) is 13.2. The number of hydrogen-bond acceptors (Lipinski definition) is 8. The highest BCUT2D eigenvalue weighted by Crippen LogP contribution is 2.36. The molecule has 2 heterocycles. The Labute approximate surface area is 171 Å². The molecule has 2 aromatic heterocycles. The molecule has 0 atom stereocenters. The van der Waals surface area contributed by atoms with Crippen molar-refractivity contribution in [1.82, 2.24) is 9.97 Å². The molecule has 1 amide bonds. The average Bonchev–Trinajstić information content (AvgIpc) is 3.20. The van der Waals surface area contributed by atoms with E-state index < -0.39 is 5.41 Å². The van der Waals surface area contributed by atoms with Gasteiger partial charge in [0.1, 0.15) is 5.75 Å². The largest absolute Gasteiger partial charge is 0.508 e. The summed E-state index contributed by atoms with van der Waals surface area (Å²) in [5, 5.41) is 28.2. The lowest BCUT2D eigenvalue weighted by atomic mass is 9.96. The first-order valence-electron chi connectivity index (χ1n) is 8.62. The normalized spacial score (nSPS) is 11.5. The fourth-order valence-corrected chi connectivity index (χ4v) is 4.05. The number of carbonyl (C=O) groups is 1. The van der Waals surface area contributed by atoms with Crippen LogP contribution in [0.25, 0.3) is 10.6 Å². The van der Waals surface area contributed by atoms with E-state index in [2.05, 4.69) is 20.6 Å². The minimum Gasteiger partial charge on any atom is -0.508 e. The third-order valence-electron chi connectivity index (χ3n) is 3.94. The summed E-state index contributed by atoms with van der Waals surface area (Å²) in [6.45, 7) is 7.29. The molecule has 0 saturated heterocycles. The van der Waals surface area contributed by atoms with Crippen molar-refractivity contribution in [2.24, 2.45) is 5.41 Å². The predicted molar refractivity (Wildman–Crippen MR) is 113 cm³/mol. The number of thiazole rings is 2. The maximum atomic E-state index is 12.2. The second kappa shape index (κ2) is 7.86. The van der Waals surface area contributed by atoms with E-state index in [1.54, 1.807) is 12.1 Å². The van der Waals surface area contributed by atoms with Crippen LogP contribution in [0.4, 0.5) is 16.0 Å². The average molecular weight is 419 g/mol. The summed E-state index contributed by atoms with van der Waals surface area (Å²) in [6, 6.07) is 4.73. The van der Waals surface area contributed by atoms with E-state index in [1.807, 2.05) is 33.1 Å². The number of nitrogens with zero attached hydrogens (tertiary/aromatic N) is 2. The van der Waals surface area contributed by atoms with Crippen LogP contribution in [0.1, 0.15) is 32.0 Å². The van der Waals surface area contributed by atoms with Crippen molar-refractivity contribution in [3.05, 3.63) is 34.8 Å². The van der Waals surface area contributed by atoms with Crippen molar-refractivity contribution in [2.45, 2.75) is 34.3 Å². The van der Waals surface area contributed by atoms with Crippen molar-refractivity contribution < 1.29 is 15.0 Å².